The van der Waals surface area contributed by atoms with Crippen LogP contribution < -0.4 is 21.9 Å². The average Bonchev–Trinajstić information content (AvgIpc) is 3.22. The number of aliphatic hydroxyl groups excluding tert-OH is 1. The van der Waals surface area contributed by atoms with E-state index < -0.39 is 18.0 Å². The number of carbonyl (C=O) groups is 1. The number of nitrogens with zero attached hydrogens (tertiary/aromatic N) is 3. The summed E-state index contributed by atoms with van der Waals surface area (Å²) in [4.78, 5) is 21.9. The lowest BCUT2D eigenvalue weighted by Gasteiger charge is -2.14. The first-order valence-corrected chi connectivity index (χ1v) is 10.1. The van der Waals surface area contributed by atoms with Crippen molar-refractivity contribution in [2.24, 2.45) is 10.8 Å². The number of nitrogens with two attached hydrogens (primary N) is 2. The Morgan fingerprint density at radius 1 is 1.39 bits per heavy atom. The molecule has 10 heteroatoms. The Morgan fingerprint density at radius 3 is 2.79 bits per heavy atom. The van der Waals surface area contributed by atoms with Crippen LogP contribution in [0.1, 0.15) is 5.56 Å². The Labute approximate surface area is 190 Å². The van der Waals surface area contributed by atoms with Gasteiger partial charge in [0.15, 0.2) is 0 Å². The monoisotopic (exact) mass is 452 g/mol. The lowest BCUT2D eigenvalue weighted by atomic mass is 10.0. The number of aliphatic hydroxyl groups is 1. The van der Waals surface area contributed by atoms with Crippen LogP contribution in [0.2, 0.25) is 0 Å². The number of halogens is 1. The summed E-state index contributed by atoms with van der Waals surface area (Å²) in [6, 6.07) is 8.95. The Bertz CT molecular complexity index is 1100. The first-order chi connectivity index (χ1) is 16.0. The quantitative estimate of drug-likeness (QED) is 0.159. The van der Waals surface area contributed by atoms with Gasteiger partial charge in [0.25, 0.3) is 0 Å². The fourth-order valence-corrected chi connectivity index (χ4v) is 3.14. The number of ether oxygens (including phenoxy) is 1. The molecular weight excluding hydrogens is 427 g/mol. The fraction of sp³-hybridized carbons (Fsp3) is 0.174. The molecule has 33 heavy (non-hydrogen) atoms. The minimum Gasteiger partial charge on any atom is -0.441 e. The van der Waals surface area contributed by atoms with Gasteiger partial charge in [-0.15, -0.1) is 0 Å². The van der Waals surface area contributed by atoms with Gasteiger partial charge >= 0.3 is 6.09 Å². The second-order valence-corrected chi connectivity index (χ2v) is 7.02. The van der Waals surface area contributed by atoms with E-state index in [1.165, 1.54) is 29.2 Å². The summed E-state index contributed by atoms with van der Waals surface area (Å²) in [5, 5.41) is 9.20. The molecule has 3 rings (SSSR count). The average molecular weight is 452 g/mol. The molecule has 2 heterocycles. The van der Waals surface area contributed by atoms with Crippen LogP contribution in [0, 0.1) is 0 Å². The van der Waals surface area contributed by atoms with Crippen molar-refractivity contribution in [1.29, 1.82) is 0 Å². The summed E-state index contributed by atoms with van der Waals surface area (Å²) in [5.41, 5.74) is 11.2. The van der Waals surface area contributed by atoms with Crippen molar-refractivity contribution < 1.29 is 19.0 Å². The highest BCUT2D eigenvalue weighted by Gasteiger charge is 2.31. The third-order valence-electron chi connectivity index (χ3n) is 4.83. The van der Waals surface area contributed by atoms with E-state index >= 15 is 0 Å². The fourth-order valence-electron chi connectivity index (χ4n) is 3.14. The van der Waals surface area contributed by atoms with Gasteiger partial charge in [0.1, 0.15) is 23.6 Å². The van der Waals surface area contributed by atoms with E-state index in [9.17, 15) is 14.3 Å². The van der Waals surface area contributed by atoms with E-state index in [-0.39, 0.29) is 31.3 Å². The molecular formula is C23H25FN6O3. The van der Waals surface area contributed by atoms with Crippen LogP contribution in [0.3, 0.4) is 0 Å². The van der Waals surface area contributed by atoms with E-state index in [1.54, 1.807) is 24.4 Å². The van der Waals surface area contributed by atoms with Crippen molar-refractivity contribution in [1.82, 2.24) is 10.4 Å². The minimum absolute atomic E-state index is 0.0337. The van der Waals surface area contributed by atoms with Gasteiger partial charge in [-0.05, 0) is 35.9 Å². The van der Waals surface area contributed by atoms with E-state index in [2.05, 4.69) is 22.0 Å². The SMILES string of the molecule is C=C/C=C\C(F)=C/CN=C(NN)c1cc(-c2ccc(N3CC(CO)OC3=O)cc2)cnc1N. The summed E-state index contributed by atoms with van der Waals surface area (Å²) >= 11 is 0. The number of amidine groups is 1. The standard InChI is InChI=1S/C23H25FN6O3/c1-2-3-4-17(24)9-10-27-22(29-26)20-11-16(12-28-21(20)25)15-5-7-18(8-6-15)30-13-19(14-31)33-23(30)32/h2-9,11-12,19,31H,1,10,13-14,26H2,(H2,25,28)(H,27,29)/b4-3-,17-9+. The minimum atomic E-state index is -0.538. The molecule has 0 radical (unpaired) electrons. The molecule has 0 saturated carbocycles. The zero-order chi connectivity index (χ0) is 23.8. The van der Waals surface area contributed by atoms with Gasteiger partial charge in [-0.25, -0.2) is 20.0 Å². The van der Waals surface area contributed by atoms with E-state index in [4.69, 9.17) is 16.3 Å². The maximum absolute atomic E-state index is 13.6. The Balaban J connectivity index is 1.81. The van der Waals surface area contributed by atoms with Crippen molar-refractivity contribution in [3.05, 3.63) is 78.8 Å². The van der Waals surface area contributed by atoms with Crippen LogP contribution in [0.25, 0.3) is 11.1 Å². The molecule has 172 valence electrons. The number of anilines is 2. The maximum Gasteiger partial charge on any atom is 0.414 e. The number of cyclic esters (lactones) is 1. The number of carbonyl (C=O) groups excluding carboxylic acids is 1. The maximum atomic E-state index is 13.6. The Morgan fingerprint density at radius 2 is 2.15 bits per heavy atom. The number of hydrogen-bond acceptors (Lipinski definition) is 7. The van der Waals surface area contributed by atoms with Crippen LogP contribution in [-0.2, 0) is 4.74 Å². The molecule has 1 amide bonds. The highest BCUT2D eigenvalue weighted by Crippen LogP contribution is 2.27. The zero-order valence-electron chi connectivity index (χ0n) is 17.8. The molecule has 0 spiro atoms. The Hall–Kier alpha value is -4.02. The van der Waals surface area contributed by atoms with Gasteiger partial charge in [-0.2, -0.15) is 0 Å². The first kappa shape index (κ1) is 23.6. The van der Waals surface area contributed by atoms with E-state index in [1.807, 2.05) is 12.1 Å². The molecule has 1 unspecified atom stereocenters. The molecule has 1 fully saturated rings. The third-order valence-corrected chi connectivity index (χ3v) is 4.83. The number of amides is 1. The molecule has 1 aromatic heterocycles. The summed E-state index contributed by atoms with van der Waals surface area (Å²) in [6.07, 6.45) is 6.07. The first-order valence-electron chi connectivity index (χ1n) is 10.1. The molecule has 1 aliphatic heterocycles. The lowest BCUT2D eigenvalue weighted by Crippen LogP contribution is -2.32. The predicted molar refractivity (Wildman–Crippen MR) is 126 cm³/mol. The highest BCUT2D eigenvalue weighted by atomic mass is 19.1. The summed E-state index contributed by atoms with van der Waals surface area (Å²) < 4.78 is 18.7. The van der Waals surface area contributed by atoms with Crippen LogP contribution >= 0.6 is 0 Å². The number of hydrogen-bond donors (Lipinski definition) is 4. The van der Waals surface area contributed by atoms with E-state index in [0.717, 1.165) is 11.1 Å². The third kappa shape index (κ3) is 5.82. The summed E-state index contributed by atoms with van der Waals surface area (Å²) in [5.74, 6) is 5.62. The largest absolute Gasteiger partial charge is 0.441 e. The molecule has 0 bridgehead atoms. The number of allylic oxidation sites excluding steroid dienone is 4. The molecule has 1 aromatic carbocycles. The zero-order valence-corrected chi connectivity index (χ0v) is 17.8. The molecule has 1 saturated heterocycles. The van der Waals surface area contributed by atoms with Gasteiger partial charge < -0.3 is 21.0 Å². The van der Waals surface area contributed by atoms with Crippen LogP contribution in [0.5, 0.6) is 0 Å². The number of aliphatic imine (C=N–C) groups is 1. The van der Waals surface area contributed by atoms with Gasteiger partial charge in [0.2, 0.25) is 0 Å². The topological polar surface area (TPSA) is 139 Å². The summed E-state index contributed by atoms with van der Waals surface area (Å²) in [7, 11) is 0. The number of pyridine rings is 1. The number of hydrazine groups is 1. The smallest absolute Gasteiger partial charge is 0.414 e. The van der Waals surface area contributed by atoms with Crippen LogP contribution in [0.15, 0.2) is 78.2 Å². The van der Waals surface area contributed by atoms with Crippen LogP contribution in [-0.4, -0.2) is 47.8 Å². The van der Waals surface area contributed by atoms with Gasteiger partial charge in [0, 0.05) is 17.4 Å². The van der Waals surface area contributed by atoms with Crippen molar-refractivity contribution in [2.75, 3.05) is 30.3 Å². The molecule has 6 N–H and O–H groups in total. The number of nitrogens with one attached hydrogen (secondary N) is 1. The summed E-state index contributed by atoms with van der Waals surface area (Å²) in [6.45, 7) is 3.57. The normalized spacial score (nSPS) is 16.9. The number of aromatic nitrogens is 1. The van der Waals surface area contributed by atoms with Crippen molar-refractivity contribution in [3.63, 3.8) is 0 Å². The second kappa shape index (κ2) is 11.0. The van der Waals surface area contributed by atoms with Crippen LogP contribution in [0.4, 0.5) is 20.7 Å². The Kier molecular flexibility index (Phi) is 7.90. The molecule has 0 aliphatic carbocycles. The van der Waals surface area contributed by atoms with Crippen molar-refractivity contribution in [2.45, 2.75) is 6.10 Å². The predicted octanol–water partition coefficient (Wildman–Crippen LogP) is 2.45. The number of rotatable bonds is 8. The highest BCUT2D eigenvalue weighted by molar-refractivity contribution is 6.03. The molecule has 9 nitrogen and oxygen atoms in total. The van der Waals surface area contributed by atoms with Crippen molar-refractivity contribution in [3.8, 4) is 11.1 Å². The van der Waals surface area contributed by atoms with E-state index in [0.29, 0.717) is 11.3 Å². The second-order valence-electron chi connectivity index (χ2n) is 7.02. The molecule has 1 aliphatic rings. The van der Waals surface area contributed by atoms with Gasteiger partial charge in [-0.3, -0.25) is 9.89 Å². The number of benzene rings is 1. The van der Waals surface area contributed by atoms with Gasteiger partial charge in [-0.1, -0.05) is 30.9 Å². The molecule has 2 aromatic rings. The van der Waals surface area contributed by atoms with Gasteiger partial charge in [0.05, 0.1) is 25.3 Å². The lowest BCUT2D eigenvalue weighted by molar-refractivity contribution is 0.0963. The molecule has 1 atom stereocenters. The van der Waals surface area contributed by atoms with Crippen molar-refractivity contribution >= 4 is 23.4 Å². The number of nitrogen functional groups attached to an aromatic ring is 1.